The summed E-state index contributed by atoms with van der Waals surface area (Å²) in [6.45, 7) is 0. The summed E-state index contributed by atoms with van der Waals surface area (Å²) >= 11 is 0. The van der Waals surface area contributed by atoms with Crippen LogP contribution in [0, 0.1) is 11.6 Å². The first-order chi connectivity index (χ1) is 6.80. The highest BCUT2D eigenvalue weighted by molar-refractivity contribution is 5.19. The van der Waals surface area contributed by atoms with Gasteiger partial charge in [0.05, 0.1) is 0 Å². The number of hydrogen-bond acceptors (Lipinski definition) is 1. The third-order valence-electron chi connectivity index (χ3n) is 1.80. The lowest BCUT2D eigenvalue weighted by molar-refractivity contribution is -0.203. The van der Waals surface area contributed by atoms with E-state index in [4.69, 9.17) is 5.11 Å². The fourth-order valence-electron chi connectivity index (χ4n) is 1.02. The molecule has 0 heterocycles. The van der Waals surface area contributed by atoms with Crippen LogP contribution in [-0.4, -0.2) is 17.4 Å². The van der Waals surface area contributed by atoms with Crippen molar-refractivity contribution in [3.63, 3.8) is 0 Å². The van der Waals surface area contributed by atoms with E-state index in [1.807, 2.05) is 0 Å². The first-order valence-electron chi connectivity index (χ1n) is 3.99. The fourth-order valence-corrected chi connectivity index (χ4v) is 1.02. The Morgan fingerprint density at radius 1 is 1.20 bits per heavy atom. The number of hydrogen-bond donors (Lipinski definition) is 1. The number of benzene rings is 1. The molecule has 0 bridgehead atoms. The number of rotatable bonds is 2. The van der Waals surface area contributed by atoms with Crippen molar-refractivity contribution in [3.8, 4) is 0 Å². The van der Waals surface area contributed by atoms with Crippen LogP contribution < -0.4 is 0 Å². The molecule has 0 aliphatic rings. The molecule has 1 N–H and O–H groups in total. The average molecular weight is 226 g/mol. The maximum atomic E-state index is 12.9. The third kappa shape index (κ3) is 3.16. The first-order valence-corrected chi connectivity index (χ1v) is 3.99. The molecule has 15 heavy (non-hydrogen) atoms. The van der Waals surface area contributed by atoms with Crippen LogP contribution in [0.25, 0.3) is 0 Å². The molecule has 0 aliphatic carbocycles. The second-order valence-electron chi connectivity index (χ2n) is 3.00. The summed E-state index contributed by atoms with van der Waals surface area (Å²) in [6.07, 6.45) is -8.51. The van der Waals surface area contributed by atoms with E-state index in [9.17, 15) is 22.0 Å². The minimum Gasteiger partial charge on any atom is -0.383 e. The lowest BCUT2D eigenvalue weighted by atomic mass is 10.1. The second kappa shape index (κ2) is 4.14. The highest BCUT2D eigenvalue weighted by atomic mass is 19.4. The van der Waals surface area contributed by atoms with Crippen molar-refractivity contribution < 1.29 is 27.1 Å². The van der Waals surface area contributed by atoms with Gasteiger partial charge in [-0.15, -0.1) is 0 Å². The minimum atomic E-state index is -4.83. The molecule has 1 atom stereocenters. The summed E-state index contributed by atoms with van der Waals surface area (Å²) in [7, 11) is 0. The summed E-state index contributed by atoms with van der Waals surface area (Å²) < 4.78 is 61.1. The maximum Gasteiger partial charge on any atom is 0.414 e. The summed E-state index contributed by atoms with van der Waals surface area (Å²) in [5.41, 5.74) is -0.500. The van der Waals surface area contributed by atoms with Gasteiger partial charge in [-0.3, -0.25) is 0 Å². The van der Waals surface area contributed by atoms with Crippen molar-refractivity contribution in [1.82, 2.24) is 0 Å². The SMILES string of the molecule is O[C@@H](Cc1cc(F)ccc1F)C(F)(F)F. The van der Waals surface area contributed by atoms with Crippen LogP contribution in [0.1, 0.15) is 5.56 Å². The van der Waals surface area contributed by atoms with Crippen LogP contribution in [0.5, 0.6) is 0 Å². The largest absolute Gasteiger partial charge is 0.414 e. The van der Waals surface area contributed by atoms with Gasteiger partial charge in [0, 0.05) is 6.42 Å². The van der Waals surface area contributed by atoms with Crippen LogP contribution in [-0.2, 0) is 6.42 Å². The van der Waals surface area contributed by atoms with Gasteiger partial charge in [-0.1, -0.05) is 0 Å². The van der Waals surface area contributed by atoms with Crippen molar-refractivity contribution in [2.45, 2.75) is 18.7 Å². The van der Waals surface area contributed by atoms with Crippen molar-refractivity contribution in [1.29, 1.82) is 0 Å². The van der Waals surface area contributed by atoms with E-state index in [0.717, 1.165) is 6.07 Å². The van der Waals surface area contributed by atoms with E-state index in [2.05, 4.69) is 0 Å². The summed E-state index contributed by atoms with van der Waals surface area (Å²) in [6, 6.07) is 2.14. The normalized spacial score (nSPS) is 14.0. The molecule has 1 rings (SSSR count). The van der Waals surface area contributed by atoms with Crippen molar-refractivity contribution in [2.24, 2.45) is 0 Å². The van der Waals surface area contributed by atoms with Gasteiger partial charge in [0.1, 0.15) is 11.6 Å². The van der Waals surface area contributed by atoms with Gasteiger partial charge in [-0.05, 0) is 23.8 Å². The van der Waals surface area contributed by atoms with E-state index < -0.39 is 35.9 Å². The Labute approximate surface area is 82.1 Å². The minimum absolute atomic E-state index is 0.500. The molecular weight excluding hydrogens is 219 g/mol. The Morgan fingerprint density at radius 2 is 1.80 bits per heavy atom. The zero-order chi connectivity index (χ0) is 11.6. The second-order valence-corrected chi connectivity index (χ2v) is 3.00. The zero-order valence-corrected chi connectivity index (χ0v) is 7.35. The molecule has 6 heteroatoms. The van der Waals surface area contributed by atoms with Crippen LogP contribution in [0.15, 0.2) is 18.2 Å². The lowest BCUT2D eigenvalue weighted by Crippen LogP contribution is -2.30. The molecule has 1 aromatic carbocycles. The van der Waals surface area contributed by atoms with Gasteiger partial charge >= 0.3 is 6.18 Å². The highest BCUT2D eigenvalue weighted by Gasteiger charge is 2.38. The van der Waals surface area contributed by atoms with Gasteiger partial charge in [-0.2, -0.15) is 13.2 Å². The molecule has 0 aromatic heterocycles. The third-order valence-corrected chi connectivity index (χ3v) is 1.80. The molecule has 84 valence electrons. The molecule has 0 saturated carbocycles. The van der Waals surface area contributed by atoms with E-state index in [-0.39, 0.29) is 0 Å². The zero-order valence-electron chi connectivity index (χ0n) is 7.35. The van der Waals surface area contributed by atoms with Gasteiger partial charge in [0.2, 0.25) is 0 Å². The van der Waals surface area contributed by atoms with Gasteiger partial charge in [0.15, 0.2) is 6.10 Å². The van der Waals surface area contributed by atoms with E-state index in [0.29, 0.717) is 12.1 Å². The van der Waals surface area contributed by atoms with Crippen LogP contribution in [0.2, 0.25) is 0 Å². The average Bonchev–Trinajstić information content (AvgIpc) is 2.09. The van der Waals surface area contributed by atoms with Gasteiger partial charge < -0.3 is 5.11 Å². The number of alkyl halides is 3. The summed E-state index contributed by atoms with van der Waals surface area (Å²) in [4.78, 5) is 0. The molecule has 1 aromatic rings. The fraction of sp³-hybridized carbons (Fsp3) is 0.333. The van der Waals surface area contributed by atoms with E-state index in [1.54, 1.807) is 0 Å². The molecule has 0 aliphatic heterocycles. The van der Waals surface area contributed by atoms with Crippen molar-refractivity contribution in [3.05, 3.63) is 35.4 Å². The first kappa shape index (κ1) is 11.9. The molecule has 1 nitrogen and oxygen atoms in total. The Hall–Kier alpha value is -1.17. The maximum absolute atomic E-state index is 12.9. The standard InChI is InChI=1S/C9H7F5O/c10-6-1-2-7(11)5(3-6)4-8(15)9(12,13)14/h1-3,8,15H,4H2/t8-/m0/s1. The van der Waals surface area contributed by atoms with Crippen LogP contribution in [0.4, 0.5) is 22.0 Å². The summed E-state index contributed by atoms with van der Waals surface area (Å²) in [5, 5.41) is 8.64. The topological polar surface area (TPSA) is 20.2 Å². The van der Waals surface area contributed by atoms with Crippen LogP contribution in [0.3, 0.4) is 0 Å². The van der Waals surface area contributed by atoms with Crippen molar-refractivity contribution >= 4 is 0 Å². The molecule has 0 amide bonds. The number of aliphatic hydroxyl groups is 1. The molecule has 0 spiro atoms. The molecule has 0 radical (unpaired) electrons. The van der Waals surface area contributed by atoms with Gasteiger partial charge in [-0.25, -0.2) is 8.78 Å². The van der Waals surface area contributed by atoms with E-state index in [1.165, 1.54) is 0 Å². The number of halogens is 5. The molecule has 0 fully saturated rings. The Morgan fingerprint density at radius 3 is 2.33 bits per heavy atom. The Bertz CT molecular complexity index is 347. The highest BCUT2D eigenvalue weighted by Crippen LogP contribution is 2.24. The summed E-state index contributed by atoms with van der Waals surface area (Å²) in [5.74, 6) is -1.82. The quantitative estimate of drug-likeness (QED) is 0.768. The Balaban J connectivity index is 2.85. The molecular formula is C9H7F5O. The van der Waals surface area contributed by atoms with E-state index >= 15 is 0 Å². The lowest BCUT2D eigenvalue weighted by Gasteiger charge is -2.14. The number of aliphatic hydroxyl groups excluding tert-OH is 1. The Kier molecular flexibility index (Phi) is 3.28. The molecule has 0 saturated heterocycles. The van der Waals surface area contributed by atoms with Crippen molar-refractivity contribution in [2.75, 3.05) is 0 Å². The smallest absolute Gasteiger partial charge is 0.383 e. The predicted molar refractivity (Wildman–Crippen MR) is 42.1 cm³/mol. The predicted octanol–water partition coefficient (Wildman–Crippen LogP) is 2.43. The van der Waals surface area contributed by atoms with Crippen LogP contribution >= 0.6 is 0 Å². The van der Waals surface area contributed by atoms with Gasteiger partial charge in [0.25, 0.3) is 0 Å². The molecule has 0 unspecified atom stereocenters. The monoisotopic (exact) mass is 226 g/mol.